The van der Waals surface area contributed by atoms with E-state index in [1.807, 2.05) is 0 Å². The van der Waals surface area contributed by atoms with Crippen molar-refractivity contribution in [3.05, 3.63) is 0 Å². The molecule has 3 fully saturated rings. The maximum atomic E-state index is 12.6. The van der Waals surface area contributed by atoms with Crippen molar-refractivity contribution in [2.45, 2.75) is 44.6 Å². The van der Waals surface area contributed by atoms with E-state index in [1.165, 1.54) is 0 Å². The van der Waals surface area contributed by atoms with Gasteiger partial charge < -0.3 is 14.9 Å². The predicted octanol–water partition coefficient (Wildman–Crippen LogP) is 0.711. The molecule has 3 aliphatic rings. The zero-order chi connectivity index (χ0) is 15.0. The Morgan fingerprint density at radius 2 is 1.76 bits per heavy atom. The van der Waals surface area contributed by atoms with Crippen molar-refractivity contribution in [3.63, 3.8) is 0 Å². The lowest BCUT2D eigenvalue weighted by Gasteiger charge is -2.28. The van der Waals surface area contributed by atoms with Crippen LogP contribution in [0, 0.1) is 11.8 Å². The maximum Gasteiger partial charge on any atom is 0.303 e. The average molecular weight is 294 g/mol. The fourth-order valence-corrected chi connectivity index (χ4v) is 3.51. The molecule has 3 rings (SSSR count). The van der Waals surface area contributed by atoms with E-state index in [9.17, 15) is 14.4 Å². The van der Waals surface area contributed by atoms with E-state index < -0.39 is 5.97 Å². The first-order valence-corrected chi connectivity index (χ1v) is 7.87. The van der Waals surface area contributed by atoms with Gasteiger partial charge in [-0.2, -0.15) is 0 Å². The molecule has 2 heterocycles. The molecule has 1 saturated carbocycles. The average Bonchev–Trinajstić information content (AvgIpc) is 2.99. The number of hydrogen-bond donors (Lipinski definition) is 1. The van der Waals surface area contributed by atoms with Crippen LogP contribution in [0.25, 0.3) is 0 Å². The van der Waals surface area contributed by atoms with Crippen molar-refractivity contribution >= 4 is 17.8 Å². The van der Waals surface area contributed by atoms with Gasteiger partial charge in [-0.3, -0.25) is 14.4 Å². The third-order valence-corrected chi connectivity index (χ3v) is 4.81. The zero-order valence-electron chi connectivity index (χ0n) is 12.2. The maximum absolute atomic E-state index is 12.6. The van der Waals surface area contributed by atoms with Gasteiger partial charge in [0.2, 0.25) is 11.8 Å². The van der Waals surface area contributed by atoms with E-state index in [4.69, 9.17) is 5.11 Å². The van der Waals surface area contributed by atoms with Gasteiger partial charge >= 0.3 is 5.97 Å². The number of rotatable bonds is 4. The van der Waals surface area contributed by atoms with Crippen molar-refractivity contribution in [1.82, 2.24) is 9.80 Å². The highest BCUT2D eigenvalue weighted by molar-refractivity contribution is 5.90. The van der Waals surface area contributed by atoms with Crippen molar-refractivity contribution in [1.29, 1.82) is 0 Å². The summed E-state index contributed by atoms with van der Waals surface area (Å²) in [6.45, 7) is 1.84. The van der Waals surface area contributed by atoms with E-state index >= 15 is 0 Å². The summed E-state index contributed by atoms with van der Waals surface area (Å²) in [5.41, 5.74) is 0. The Hall–Kier alpha value is -1.59. The number of carbonyl (C=O) groups is 3. The SMILES string of the molecule is O=C(O)CC1CCN(C(=O)C2CCCN2C(=O)C2CC2)C1. The second-order valence-electron chi connectivity index (χ2n) is 6.50. The molecule has 2 atom stereocenters. The Balaban J connectivity index is 1.59. The molecule has 1 N–H and O–H groups in total. The second kappa shape index (κ2) is 5.66. The summed E-state index contributed by atoms with van der Waals surface area (Å²) >= 11 is 0. The van der Waals surface area contributed by atoms with Crippen LogP contribution < -0.4 is 0 Å². The monoisotopic (exact) mass is 294 g/mol. The number of hydrogen-bond acceptors (Lipinski definition) is 3. The lowest BCUT2D eigenvalue weighted by atomic mass is 10.1. The highest BCUT2D eigenvalue weighted by atomic mass is 16.4. The highest BCUT2D eigenvalue weighted by Gasteiger charge is 2.43. The summed E-state index contributed by atoms with van der Waals surface area (Å²) in [5.74, 6) is -0.431. The first-order chi connectivity index (χ1) is 10.1. The molecule has 0 spiro atoms. The summed E-state index contributed by atoms with van der Waals surface area (Å²) in [5, 5.41) is 8.84. The largest absolute Gasteiger partial charge is 0.481 e. The Labute approximate surface area is 124 Å². The lowest BCUT2D eigenvalue weighted by Crippen LogP contribution is -2.47. The van der Waals surface area contributed by atoms with Crippen molar-refractivity contribution in [2.24, 2.45) is 11.8 Å². The predicted molar refractivity (Wildman–Crippen MR) is 74.4 cm³/mol. The molecule has 2 saturated heterocycles. The van der Waals surface area contributed by atoms with Gasteiger partial charge in [0.15, 0.2) is 0 Å². The Morgan fingerprint density at radius 3 is 2.43 bits per heavy atom. The third-order valence-electron chi connectivity index (χ3n) is 4.81. The fourth-order valence-electron chi connectivity index (χ4n) is 3.51. The van der Waals surface area contributed by atoms with Crippen LogP contribution in [0.3, 0.4) is 0 Å². The second-order valence-corrected chi connectivity index (χ2v) is 6.50. The van der Waals surface area contributed by atoms with Gasteiger partial charge in [-0.1, -0.05) is 0 Å². The quantitative estimate of drug-likeness (QED) is 0.828. The van der Waals surface area contributed by atoms with Crippen LogP contribution in [-0.4, -0.2) is 58.4 Å². The van der Waals surface area contributed by atoms with E-state index in [0.717, 1.165) is 32.1 Å². The molecule has 2 amide bonds. The minimum atomic E-state index is -0.805. The Bertz CT molecular complexity index is 461. The van der Waals surface area contributed by atoms with E-state index in [0.29, 0.717) is 19.6 Å². The normalized spacial score (nSPS) is 29.0. The topological polar surface area (TPSA) is 77.9 Å². The third kappa shape index (κ3) is 3.04. The van der Waals surface area contributed by atoms with E-state index in [-0.39, 0.29) is 36.1 Å². The number of likely N-dealkylation sites (tertiary alicyclic amines) is 2. The molecular formula is C15H22N2O4. The van der Waals surface area contributed by atoms with Gasteiger partial charge in [0.05, 0.1) is 0 Å². The summed E-state index contributed by atoms with van der Waals surface area (Å²) in [7, 11) is 0. The molecular weight excluding hydrogens is 272 g/mol. The first kappa shape index (κ1) is 14.4. The number of aliphatic carboxylic acids is 1. The van der Waals surface area contributed by atoms with Gasteiger partial charge in [-0.05, 0) is 38.0 Å². The minimum absolute atomic E-state index is 0.0226. The minimum Gasteiger partial charge on any atom is -0.481 e. The Morgan fingerprint density at radius 1 is 1.00 bits per heavy atom. The highest BCUT2D eigenvalue weighted by Crippen LogP contribution is 2.34. The number of carboxylic acids is 1. The van der Waals surface area contributed by atoms with Gasteiger partial charge in [0.1, 0.15) is 6.04 Å². The first-order valence-electron chi connectivity index (χ1n) is 7.87. The summed E-state index contributed by atoms with van der Waals surface area (Å²) in [6, 6.07) is -0.304. The van der Waals surface area contributed by atoms with Gasteiger partial charge in [-0.25, -0.2) is 0 Å². The molecule has 21 heavy (non-hydrogen) atoms. The van der Waals surface area contributed by atoms with Crippen molar-refractivity contribution in [3.8, 4) is 0 Å². The molecule has 2 aliphatic heterocycles. The number of carboxylic acid groups (broad SMARTS) is 1. The standard InChI is InChI=1S/C15H22N2O4/c18-13(19)8-10-5-7-16(9-10)15(21)12-2-1-6-17(12)14(20)11-3-4-11/h10-12H,1-9H2,(H,18,19). The van der Waals surface area contributed by atoms with Crippen molar-refractivity contribution in [2.75, 3.05) is 19.6 Å². The fraction of sp³-hybridized carbons (Fsp3) is 0.800. The van der Waals surface area contributed by atoms with E-state index in [2.05, 4.69) is 0 Å². The molecule has 0 radical (unpaired) electrons. The summed E-state index contributed by atoms with van der Waals surface area (Å²) in [4.78, 5) is 39.1. The molecule has 0 bridgehead atoms. The summed E-state index contributed by atoms with van der Waals surface area (Å²) in [6.07, 6.45) is 4.43. The van der Waals surface area contributed by atoms with Crippen LogP contribution in [-0.2, 0) is 14.4 Å². The zero-order valence-corrected chi connectivity index (χ0v) is 12.2. The van der Waals surface area contributed by atoms with Crippen LogP contribution in [0.1, 0.15) is 38.5 Å². The molecule has 0 aromatic carbocycles. The van der Waals surface area contributed by atoms with Crippen LogP contribution in [0.15, 0.2) is 0 Å². The number of amides is 2. The molecule has 0 aromatic rings. The van der Waals surface area contributed by atoms with Crippen LogP contribution >= 0.6 is 0 Å². The van der Waals surface area contributed by atoms with Gasteiger partial charge in [0, 0.05) is 32.0 Å². The summed E-state index contributed by atoms with van der Waals surface area (Å²) < 4.78 is 0. The molecule has 116 valence electrons. The van der Waals surface area contributed by atoms with Crippen LogP contribution in [0.4, 0.5) is 0 Å². The van der Waals surface area contributed by atoms with Gasteiger partial charge in [-0.15, -0.1) is 0 Å². The smallest absolute Gasteiger partial charge is 0.303 e. The molecule has 6 nitrogen and oxygen atoms in total. The van der Waals surface area contributed by atoms with Crippen LogP contribution in [0.2, 0.25) is 0 Å². The molecule has 6 heteroatoms. The van der Waals surface area contributed by atoms with Gasteiger partial charge in [0.25, 0.3) is 0 Å². The Kier molecular flexibility index (Phi) is 3.87. The molecule has 0 aromatic heterocycles. The van der Waals surface area contributed by atoms with Crippen molar-refractivity contribution < 1.29 is 19.5 Å². The molecule has 1 aliphatic carbocycles. The molecule has 2 unspecified atom stereocenters. The lowest BCUT2D eigenvalue weighted by molar-refractivity contribution is -0.144. The number of nitrogens with zero attached hydrogens (tertiary/aromatic N) is 2. The van der Waals surface area contributed by atoms with Crippen LogP contribution in [0.5, 0.6) is 0 Å². The van der Waals surface area contributed by atoms with E-state index in [1.54, 1.807) is 9.80 Å². The number of carbonyl (C=O) groups excluding carboxylic acids is 2.